The lowest BCUT2D eigenvalue weighted by atomic mass is 10.0. The molecule has 0 aliphatic heterocycles. The van der Waals surface area contributed by atoms with E-state index in [0.717, 1.165) is 0 Å². The third-order valence-electron chi connectivity index (χ3n) is 4.74. The first-order valence-electron chi connectivity index (χ1n) is 8.30. The van der Waals surface area contributed by atoms with E-state index >= 15 is 0 Å². The summed E-state index contributed by atoms with van der Waals surface area (Å²) in [6, 6.07) is 21.5. The van der Waals surface area contributed by atoms with Crippen LogP contribution in [0.3, 0.4) is 0 Å². The quantitative estimate of drug-likeness (QED) is 0.292. The van der Waals surface area contributed by atoms with Crippen molar-refractivity contribution in [1.82, 2.24) is 0 Å². The Hall–Kier alpha value is -1.94. The molecule has 0 bridgehead atoms. The van der Waals surface area contributed by atoms with Crippen LogP contribution >= 0.6 is 34.0 Å². The van der Waals surface area contributed by atoms with Crippen LogP contribution < -0.4 is 0 Å². The van der Waals surface area contributed by atoms with Crippen molar-refractivity contribution >= 4 is 52.8 Å². The lowest BCUT2D eigenvalue weighted by molar-refractivity contribution is 1.56. The molecule has 0 atom stereocenters. The minimum absolute atomic E-state index is 1.33. The van der Waals surface area contributed by atoms with Crippen molar-refractivity contribution < 1.29 is 0 Å². The van der Waals surface area contributed by atoms with E-state index in [9.17, 15) is 0 Å². The van der Waals surface area contributed by atoms with Gasteiger partial charge >= 0.3 is 0 Å². The number of benzene rings is 2. The Labute approximate surface area is 159 Å². The van der Waals surface area contributed by atoms with Crippen molar-refractivity contribution in [1.29, 1.82) is 0 Å². The van der Waals surface area contributed by atoms with Crippen LogP contribution in [-0.4, -0.2) is 0 Å². The predicted molar refractivity (Wildman–Crippen MR) is 115 cm³/mol. The summed E-state index contributed by atoms with van der Waals surface area (Å²) in [7, 11) is 0. The fraction of sp³-hybridized carbons (Fsp3) is 0.0909. The van der Waals surface area contributed by atoms with E-state index in [0.29, 0.717) is 0 Å². The molecule has 3 aromatic heterocycles. The largest absolute Gasteiger partial charge is 0.124 e. The van der Waals surface area contributed by atoms with E-state index in [1.54, 1.807) is 0 Å². The maximum absolute atomic E-state index is 2.28. The first-order chi connectivity index (χ1) is 12.2. The predicted octanol–water partition coefficient (Wildman–Crippen LogP) is 8.13. The van der Waals surface area contributed by atoms with E-state index in [1.807, 2.05) is 34.0 Å². The summed E-state index contributed by atoms with van der Waals surface area (Å²) in [4.78, 5) is 2.83. The van der Waals surface area contributed by atoms with E-state index < -0.39 is 0 Å². The maximum Gasteiger partial charge on any atom is 0.0895 e. The number of thiophene rings is 3. The second-order valence-electron chi connectivity index (χ2n) is 6.27. The van der Waals surface area contributed by atoms with Crippen LogP contribution in [0.1, 0.15) is 11.1 Å². The van der Waals surface area contributed by atoms with Gasteiger partial charge in [-0.15, -0.1) is 34.0 Å². The highest BCUT2D eigenvalue weighted by Crippen LogP contribution is 2.51. The summed E-state index contributed by atoms with van der Waals surface area (Å²) >= 11 is 5.84. The minimum Gasteiger partial charge on any atom is -0.124 e. The molecule has 0 saturated carbocycles. The van der Waals surface area contributed by atoms with Gasteiger partial charge in [0.2, 0.25) is 0 Å². The first-order valence-corrected chi connectivity index (χ1v) is 10.7. The molecule has 5 rings (SSSR count). The molecule has 0 saturated heterocycles. The van der Waals surface area contributed by atoms with Crippen LogP contribution in [0.5, 0.6) is 0 Å². The summed E-state index contributed by atoms with van der Waals surface area (Å²) in [5.41, 5.74) is 5.52. The monoisotopic (exact) mass is 376 g/mol. The minimum atomic E-state index is 1.33. The average Bonchev–Trinajstić information content (AvgIpc) is 3.26. The first kappa shape index (κ1) is 15.3. The molecule has 0 spiro atoms. The number of hydrogen-bond acceptors (Lipinski definition) is 3. The third-order valence-corrected chi connectivity index (χ3v) is 8.79. The van der Waals surface area contributed by atoms with Crippen molar-refractivity contribution in [3.63, 3.8) is 0 Å². The maximum atomic E-state index is 2.28. The molecule has 5 aromatic rings. The van der Waals surface area contributed by atoms with Crippen LogP contribution in [0, 0.1) is 13.8 Å². The average molecular weight is 377 g/mol. The van der Waals surface area contributed by atoms with Gasteiger partial charge < -0.3 is 0 Å². The molecule has 3 heteroatoms. The highest BCUT2D eigenvalue weighted by atomic mass is 32.2. The topological polar surface area (TPSA) is 0 Å². The lowest BCUT2D eigenvalue weighted by Crippen LogP contribution is -1.77. The zero-order valence-corrected chi connectivity index (χ0v) is 16.4. The summed E-state index contributed by atoms with van der Waals surface area (Å²) in [5.74, 6) is 0. The van der Waals surface area contributed by atoms with Gasteiger partial charge in [-0.3, -0.25) is 0 Å². The second-order valence-corrected chi connectivity index (χ2v) is 9.85. The van der Waals surface area contributed by atoms with Gasteiger partial charge in [0.15, 0.2) is 0 Å². The van der Waals surface area contributed by atoms with E-state index in [4.69, 9.17) is 0 Å². The molecular weight excluding hydrogens is 360 g/mol. The van der Waals surface area contributed by atoms with E-state index in [2.05, 4.69) is 74.5 Å². The Morgan fingerprint density at radius 1 is 0.520 bits per heavy atom. The molecule has 2 aromatic carbocycles. The van der Waals surface area contributed by atoms with Gasteiger partial charge in [-0.1, -0.05) is 60.7 Å². The molecule has 0 amide bonds. The van der Waals surface area contributed by atoms with Crippen LogP contribution in [0.2, 0.25) is 0 Å². The molecule has 3 heterocycles. The molecule has 0 aliphatic rings. The van der Waals surface area contributed by atoms with Crippen molar-refractivity contribution in [3.05, 3.63) is 71.8 Å². The van der Waals surface area contributed by atoms with Crippen molar-refractivity contribution in [2.75, 3.05) is 0 Å². The number of fused-ring (bicyclic) bond motifs is 3. The fourth-order valence-electron chi connectivity index (χ4n) is 3.51. The smallest absolute Gasteiger partial charge is 0.0895 e. The van der Waals surface area contributed by atoms with Gasteiger partial charge in [-0.2, -0.15) is 0 Å². The molecule has 0 aliphatic carbocycles. The summed E-state index contributed by atoms with van der Waals surface area (Å²) in [6.45, 7) is 4.57. The Bertz CT molecular complexity index is 1090. The SMILES string of the molecule is Cc1c(-c2ccccc2)sc2sc3sc(-c4ccccc4)c(C)c3c12. The second kappa shape index (κ2) is 5.80. The van der Waals surface area contributed by atoms with Gasteiger partial charge in [-0.05, 0) is 36.1 Å². The van der Waals surface area contributed by atoms with Gasteiger partial charge in [0.25, 0.3) is 0 Å². The van der Waals surface area contributed by atoms with Gasteiger partial charge in [0, 0.05) is 20.5 Å². The molecule has 0 unspecified atom stereocenters. The van der Waals surface area contributed by atoms with Crippen molar-refractivity contribution in [2.24, 2.45) is 0 Å². The lowest BCUT2D eigenvalue weighted by Gasteiger charge is -2.00. The Balaban J connectivity index is 1.78. The third kappa shape index (κ3) is 2.30. The van der Waals surface area contributed by atoms with Gasteiger partial charge in [0.1, 0.15) is 0 Å². The highest BCUT2D eigenvalue weighted by molar-refractivity contribution is 7.50. The summed E-state index contributed by atoms with van der Waals surface area (Å²) in [5, 5.41) is 2.94. The van der Waals surface area contributed by atoms with Crippen molar-refractivity contribution in [3.8, 4) is 20.9 Å². The van der Waals surface area contributed by atoms with E-state index in [-0.39, 0.29) is 0 Å². The van der Waals surface area contributed by atoms with Crippen LogP contribution in [-0.2, 0) is 0 Å². The molecule has 0 fully saturated rings. The highest BCUT2D eigenvalue weighted by Gasteiger charge is 2.20. The number of rotatable bonds is 2. The molecule has 25 heavy (non-hydrogen) atoms. The zero-order valence-electron chi connectivity index (χ0n) is 14.0. The summed E-state index contributed by atoms with van der Waals surface area (Å²) in [6.07, 6.45) is 0. The molecule has 0 radical (unpaired) electrons. The number of aryl methyl sites for hydroxylation is 2. The van der Waals surface area contributed by atoms with Crippen molar-refractivity contribution in [2.45, 2.75) is 13.8 Å². The Morgan fingerprint density at radius 2 is 0.920 bits per heavy atom. The standard InChI is InChI=1S/C22H16S3/c1-13-17-18-14(2)20(16-11-7-4-8-12-16)24-22(18)25-21(17)23-19(13)15-9-5-3-6-10-15/h3-12H,1-2H3. The fourth-order valence-corrected chi connectivity index (χ4v) is 7.99. The van der Waals surface area contributed by atoms with Crippen LogP contribution in [0.25, 0.3) is 39.7 Å². The molecule has 0 N–H and O–H groups in total. The zero-order chi connectivity index (χ0) is 17.0. The molecule has 122 valence electrons. The number of hydrogen-bond donors (Lipinski definition) is 0. The van der Waals surface area contributed by atoms with E-state index in [1.165, 1.54) is 50.8 Å². The molecular formula is C22H16S3. The van der Waals surface area contributed by atoms with Crippen LogP contribution in [0.4, 0.5) is 0 Å². The summed E-state index contributed by atoms with van der Waals surface area (Å²) < 4.78 is 2.92. The molecule has 0 nitrogen and oxygen atoms in total. The van der Waals surface area contributed by atoms with Gasteiger partial charge in [0.05, 0.1) is 8.03 Å². The van der Waals surface area contributed by atoms with Gasteiger partial charge in [-0.25, -0.2) is 0 Å². The Kier molecular flexibility index (Phi) is 3.56. The normalized spacial score (nSPS) is 11.6. The Morgan fingerprint density at radius 3 is 1.32 bits per heavy atom. The van der Waals surface area contributed by atoms with Crippen LogP contribution in [0.15, 0.2) is 60.7 Å².